The fraction of sp³-hybridized carbons (Fsp3) is 0.400. The minimum atomic E-state index is -0.152. The summed E-state index contributed by atoms with van der Waals surface area (Å²) < 4.78 is 0. The Morgan fingerprint density at radius 2 is 1.96 bits per heavy atom. The van der Waals surface area contributed by atoms with E-state index in [0.29, 0.717) is 13.0 Å². The summed E-state index contributed by atoms with van der Waals surface area (Å²) in [6, 6.07) is 10.3. The van der Waals surface area contributed by atoms with Gasteiger partial charge in [-0.25, -0.2) is 0 Å². The maximum Gasteiger partial charge on any atom is 0.224 e. The van der Waals surface area contributed by atoms with Crippen LogP contribution in [0.4, 0.5) is 17.1 Å². The Labute approximate surface area is 153 Å². The van der Waals surface area contributed by atoms with E-state index in [1.807, 2.05) is 12.3 Å². The Hall–Kier alpha value is -2.60. The molecule has 26 heavy (non-hydrogen) atoms. The first-order chi connectivity index (χ1) is 12.7. The van der Waals surface area contributed by atoms with Crippen LogP contribution in [-0.2, 0) is 17.8 Å². The van der Waals surface area contributed by atoms with Crippen LogP contribution in [0.2, 0.25) is 0 Å². The molecule has 1 aromatic carbocycles. The molecule has 0 aliphatic carbocycles. The highest BCUT2D eigenvalue weighted by atomic mass is 16.3. The number of anilines is 3. The van der Waals surface area contributed by atoms with Crippen LogP contribution in [-0.4, -0.2) is 35.2 Å². The van der Waals surface area contributed by atoms with Crippen molar-refractivity contribution in [3.05, 3.63) is 47.8 Å². The largest absolute Gasteiger partial charge is 0.393 e. The minimum absolute atomic E-state index is 0.0726. The third-order valence-corrected chi connectivity index (χ3v) is 5.11. The van der Waals surface area contributed by atoms with E-state index < -0.39 is 0 Å². The summed E-state index contributed by atoms with van der Waals surface area (Å²) >= 11 is 0. The van der Waals surface area contributed by atoms with Gasteiger partial charge in [0.1, 0.15) is 0 Å². The van der Waals surface area contributed by atoms with Gasteiger partial charge in [-0.2, -0.15) is 0 Å². The number of carbonyl (C=O) groups is 1. The van der Waals surface area contributed by atoms with Crippen molar-refractivity contribution < 1.29 is 9.90 Å². The van der Waals surface area contributed by atoms with Gasteiger partial charge in [0.05, 0.1) is 18.3 Å². The molecule has 6 heteroatoms. The molecule has 2 aliphatic heterocycles. The predicted molar refractivity (Wildman–Crippen MR) is 102 cm³/mol. The molecule has 2 aliphatic rings. The van der Waals surface area contributed by atoms with Crippen molar-refractivity contribution in [2.45, 2.75) is 38.3 Å². The highest BCUT2D eigenvalue weighted by Crippen LogP contribution is 2.24. The molecular weight excluding hydrogens is 328 g/mol. The maximum absolute atomic E-state index is 11.5. The lowest BCUT2D eigenvalue weighted by Gasteiger charge is -2.31. The zero-order chi connectivity index (χ0) is 17.9. The van der Waals surface area contributed by atoms with Crippen molar-refractivity contribution >= 4 is 23.0 Å². The Morgan fingerprint density at radius 1 is 1.19 bits per heavy atom. The van der Waals surface area contributed by atoms with Crippen molar-refractivity contribution in [1.82, 2.24) is 4.98 Å². The van der Waals surface area contributed by atoms with Gasteiger partial charge in [0.25, 0.3) is 0 Å². The topological polar surface area (TPSA) is 77.5 Å². The van der Waals surface area contributed by atoms with E-state index in [-0.39, 0.29) is 12.0 Å². The molecule has 0 bridgehead atoms. The van der Waals surface area contributed by atoms with E-state index in [1.165, 1.54) is 5.69 Å². The summed E-state index contributed by atoms with van der Waals surface area (Å²) in [6.07, 6.45) is 4.67. The van der Waals surface area contributed by atoms with Gasteiger partial charge in [-0.1, -0.05) is 0 Å². The quantitative estimate of drug-likeness (QED) is 0.788. The molecule has 136 valence electrons. The molecule has 4 rings (SSSR count). The maximum atomic E-state index is 11.5. The zero-order valence-electron chi connectivity index (χ0n) is 14.7. The lowest BCUT2D eigenvalue weighted by molar-refractivity contribution is -0.116. The molecule has 2 aromatic rings. The number of piperidine rings is 1. The van der Waals surface area contributed by atoms with Crippen molar-refractivity contribution in [1.29, 1.82) is 0 Å². The number of amides is 1. The number of carbonyl (C=O) groups excluding carboxylic acids is 1. The van der Waals surface area contributed by atoms with Gasteiger partial charge in [-0.3, -0.25) is 9.78 Å². The molecule has 6 nitrogen and oxygen atoms in total. The highest BCUT2D eigenvalue weighted by molar-refractivity contribution is 5.93. The van der Waals surface area contributed by atoms with Crippen LogP contribution >= 0.6 is 0 Å². The second-order valence-corrected chi connectivity index (χ2v) is 7.00. The van der Waals surface area contributed by atoms with E-state index >= 15 is 0 Å². The Balaban J connectivity index is 1.36. The van der Waals surface area contributed by atoms with Crippen LogP contribution < -0.4 is 15.5 Å². The van der Waals surface area contributed by atoms with E-state index in [9.17, 15) is 9.90 Å². The Morgan fingerprint density at radius 3 is 2.73 bits per heavy atom. The number of aliphatic hydroxyl groups is 1. The lowest BCUT2D eigenvalue weighted by Crippen LogP contribution is -2.35. The van der Waals surface area contributed by atoms with Crippen molar-refractivity contribution in [2.24, 2.45) is 0 Å². The van der Waals surface area contributed by atoms with Crippen LogP contribution in [0.25, 0.3) is 0 Å². The van der Waals surface area contributed by atoms with Crippen LogP contribution in [0, 0.1) is 0 Å². The standard InChI is InChI=1S/C20H24N4O2/c25-18-7-9-24(10-8-18)17-4-2-15(3-5-17)22-13-16-11-19-14(12-21-16)1-6-20(26)23-19/h2-5,11-12,18,22,25H,1,6-10,13H2,(H,23,26). The predicted octanol–water partition coefficient (Wildman–Crippen LogP) is 2.54. The van der Waals surface area contributed by atoms with Crippen molar-refractivity contribution in [3.63, 3.8) is 0 Å². The Bertz CT molecular complexity index is 783. The fourth-order valence-corrected chi connectivity index (χ4v) is 3.51. The average Bonchev–Trinajstić information content (AvgIpc) is 2.67. The van der Waals surface area contributed by atoms with Gasteiger partial charge < -0.3 is 20.6 Å². The molecule has 0 atom stereocenters. The van der Waals surface area contributed by atoms with Crippen LogP contribution in [0.1, 0.15) is 30.5 Å². The summed E-state index contributed by atoms with van der Waals surface area (Å²) in [5.74, 6) is 0.0726. The summed E-state index contributed by atoms with van der Waals surface area (Å²) in [4.78, 5) is 18.3. The fourth-order valence-electron chi connectivity index (χ4n) is 3.51. The first-order valence-corrected chi connectivity index (χ1v) is 9.22. The molecule has 1 saturated heterocycles. The number of pyridine rings is 1. The number of nitrogens with zero attached hydrogens (tertiary/aromatic N) is 2. The van der Waals surface area contributed by atoms with E-state index in [2.05, 4.69) is 44.8 Å². The number of aromatic nitrogens is 1. The molecule has 3 heterocycles. The van der Waals surface area contributed by atoms with Crippen LogP contribution in [0.3, 0.4) is 0 Å². The van der Waals surface area contributed by atoms with Gasteiger partial charge in [-0.05, 0) is 55.2 Å². The van der Waals surface area contributed by atoms with E-state index in [4.69, 9.17) is 0 Å². The number of rotatable bonds is 4. The molecule has 0 radical (unpaired) electrons. The SMILES string of the molecule is O=C1CCc2cnc(CNc3ccc(N4CCC(O)CC4)cc3)cc2N1. The van der Waals surface area contributed by atoms with Gasteiger partial charge in [0.15, 0.2) is 0 Å². The summed E-state index contributed by atoms with van der Waals surface area (Å²) in [7, 11) is 0. The van der Waals surface area contributed by atoms with Gasteiger partial charge in [0, 0.05) is 42.8 Å². The summed E-state index contributed by atoms with van der Waals surface area (Å²) in [6.45, 7) is 2.41. The monoisotopic (exact) mass is 352 g/mol. The second kappa shape index (κ2) is 7.33. The highest BCUT2D eigenvalue weighted by Gasteiger charge is 2.17. The van der Waals surface area contributed by atoms with Gasteiger partial charge in [-0.15, -0.1) is 0 Å². The first-order valence-electron chi connectivity index (χ1n) is 9.22. The normalized spacial score (nSPS) is 17.6. The van der Waals surface area contributed by atoms with Gasteiger partial charge >= 0.3 is 0 Å². The number of fused-ring (bicyclic) bond motifs is 1. The average molecular weight is 352 g/mol. The Kier molecular flexibility index (Phi) is 4.75. The third kappa shape index (κ3) is 3.80. The number of hydrogen-bond donors (Lipinski definition) is 3. The van der Waals surface area contributed by atoms with Crippen molar-refractivity contribution in [2.75, 3.05) is 28.6 Å². The number of benzene rings is 1. The van der Waals surface area contributed by atoms with Crippen LogP contribution in [0.15, 0.2) is 36.5 Å². The number of aryl methyl sites for hydroxylation is 1. The molecule has 0 unspecified atom stereocenters. The molecule has 0 spiro atoms. The molecule has 3 N–H and O–H groups in total. The number of nitrogens with one attached hydrogen (secondary N) is 2. The number of hydrogen-bond acceptors (Lipinski definition) is 5. The summed E-state index contributed by atoms with van der Waals surface area (Å²) in [5.41, 5.74) is 5.12. The van der Waals surface area contributed by atoms with Gasteiger partial charge in [0.2, 0.25) is 5.91 Å². The molecule has 1 amide bonds. The summed E-state index contributed by atoms with van der Waals surface area (Å²) in [5, 5.41) is 15.9. The minimum Gasteiger partial charge on any atom is -0.393 e. The van der Waals surface area contributed by atoms with E-state index in [1.54, 1.807) is 0 Å². The number of aliphatic hydroxyl groups excluding tert-OH is 1. The molecule has 1 fully saturated rings. The smallest absolute Gasteiger partial charge is 0.224 e. The third-order valence-electron chi connectivity index (χ3n) is 5.11. The molecular formula is C20H24N4O2. The van der Waals surface area contributed by atoms with E-state index in [0.717, 1.165) is 55.0 Å². The zero-order valence-corrected chi connectivity index (χ0v) is 14.7. The van der Waals surface area contributed by atoms with Crippen molar-refractivity contribution in [3.8, 4) is 0 Å². The lowest BCUT2D eigenvalue weighted by atomic mass is 10.0. The molecule has 1 aromatic heterocycles. The first kappa shape index (κ1) is 16.8. The van der Waals surface area contributed by atoms with Crippen LogP contribution in [0.5, 0.6) is 0 Å². The second-order valence-electron chi connectivity index (χ2n) is 7.00. The molecule has 0 saturated carbocycles.